The van der Waals surface area contributed by atoms with Crippen molar-refractivity contribution in [3.63, 3.8) is 0 Å². The number of pyridine rings is 1. The molecule has 26 heavy (non-hydrogen) atoms. The van der Waals surface area contributed by atoms with E-state index in [4.69, 9.17) is 0 Å². The molecule has 0 amide bonds. The average Bonchev–Trinajstić information content (AvgIpc) is 2.99. The van der Waals surface area contributed by atoms with Crippen LogP contribution in [0.15, 0.2) is 54.7 Å². The first-order chi connectivity index (χ1) is 12.5. The highest BCUT2D eigenvalue weighted by Gasteiger charge is 2.40. The lowest BCUT2D eigenvalue weighted by molar-refractivity contribution is 0.535. The molecule has 1 saturated heterocycles. The highest BCUT2D eigenvalue weighted by Crippen LogP contribution is 2.21. The topological polar surface area (TPSA) is 83.1 Å². The van der Waals surface area contributed by atoms with E-state index < -0.39 is 15.3 Å². The number of hydrogen-bond donors (Lipinski definition) is 3. The van der Waals surface area contributed by atoms with Crippen molar-refractivity contribution >= 4 is 10.0 Å². The molecule has 3 atom stereocenters. The lowest BCUT2D eigenvalue weighted by atomic mass is 9.94. The fourth-order valence-electron chi connectivity index (χ4n) is 3.51. The smallest absolute Gasteiger partial charge is 0.217 e. The number of nitrogens with zero attached hydrogens (tertiary/aromatic N) is 1. The van der Waals surface area contributed by atoms with Gasteiger partial charge in [-0.1, -0.05) is 36.4 Å². The minimum Gasteiger partial charge on any atom is -0.261 e. The zero-order valence-electron chi connectivity index (χ0n) is 15.1. The summed E-state index contributed by atoms with van der Waals surface area (Å²) < 4.78 is 28.5. The molecule has 0 bridgehead atoms. The monoisotopic (exact) mass is 374 g/mol. The van der Waals surface area contributed by atoms with Crippen LogP contribution in [0.25, 0.3) is 0 Å². The maximum Gasteiger partial charge on any atom is 0.217 e. The summed E-state index contributed by atoms with van der Waals surface area (Å²) >= 11 is 0. The van der Waals surface area contributed by atoms with Gasteiger partial charge in [0.15, 0.2) is 0 Å². The highest BCUT2D eigenvalue weighted by molar-refractivity contribution is 7.90. The maximum absolute atomic E-state index is 12.8. The van der Waals surface area contributed by atoms with Gasteiger partial charge in [-0.15, -0.1) is 0 Å². The van der Waals surface area contributed by atoms with Crippen LogP contribution in [0.2, 0.25) is 0 Å². The molecule has 0 radical (unpaired) electrons. The van der Waals surface area contributed by atoms with E-state index in [0.29, 0.717) is 13.0 Å². The van der Waals surface area contributed by atoms with Crippen LogP contribution in [0, 0.1) is 0 Å². The van der Waals surface area contributed by atoms with Crippen molar-refractivity contribution in [2.75, 3.05) is 6.54 Å². The summed E-state index contributed by atoms with van der Waals surface area (Å²) in [5, 5.41) is -0.506. The van der Waals surface area contributed by atoms with Crippen LogP contribution in [0.1, 0.15) is 31.0 Å². The van der Waals surface area contributed by atoms with Crippen molar-refractivity contribution < 1.29 is 8.42 Å². The van der Waals surface area contributed by atoms with Gasteiger partial charge in [0.2, 0.25) is 10.0 Å². The van der Waals surface area contributed by atoms with Gasteiger partial charge in [-0.2, -0.15) is 0 Å². The lowest BCUT2D eigenvalue weighted by Gasteiger charge is -2.22. The molecule has 3 N–H and O–H groups in total. The third kappa shape index (κ3) is 4.48. The predicted molar refractivity (Wildman–Crippen MR) is 103 cm³/mol. The third-order valence-corrected chi connectivity index (χ3v) is 6.97. The van der Waals surface area contributed by atoms with E-state index in [9.17, 15) is 8.42 Å². The van der Waals surface area contributed by atoms with E-state index in [1.165, 1.54) is 0 Å². The van der Waals surface area contributed by atoms with Crippen molar-refractivity contribution in [1.29, 1.82) is 0 Å². The Labute approximate surface area is 155 Å². The van der Waals surface area contributed by atoms with Gasteiger partial charge in [0.1, 0.15) is 5.25 Å². The van der Waals surface area contributed by atoms with Gasteiger partial charge in [0, 0.05) is 36.4 Å². The Morgan fingerprint density at radius 1 is 1.04 bits per heavy atom. The zero-order valence-corrected chi connectivity index (χ0v) is 15.9. The van der Waals surface area contributed by atoms with Gasteiger partial charge in [-0.3, -0.25) is 15.8 Å². The van der Waals surface area contributed by atoms with Gasteiger partial charge >= 0.3 is 0 Å². The van der Waals surface area contributed by atoms with Gasteiger partial charge in [-0.05, 0) is 38.0 Å². The SMILES string of the molecule is CC1NNC(C)C1S(=O)(=O)NCC(Cc1ccccn1)c1ccccc1. The molecule has 3 rings (SSSR count). The van der Waals surface area contributed by atoms with Gasteiger partial charge < -0.3 is 0 Å². The molecule has 7 heteroatoms. The molecule has 1 aliphatic rings. The van der Waals surface area contributed by atoms with E-state index in [1.54, 1.807) is 6.20 Å². The van der Waals surface area contributed by atoms with Crippen LogP contribution in [-0.2, 0) is 16.4 Å². The molecule has 3 unspecified atom stereocenters. The fourth-order valence-corrected chi connectivity index (χ4v) is 5.35. The minimum absolute atomic E-state index is 0.0220. The molecule has 1 aliphatic heterocycles. The molecule has 140 valence electrons. The second kappa shape index (κ2) is 8.26. The molecule has 2 heterocycles. The minimum atomic E-state index is -3.45. The fraction of sp³-hybridized carbons (Fsp3) is 0.421. The number of sulfonamides is 1. The van der Waals surface area contributed by atoms with Crippen molar-refractivity contribution in [2.24, 2.45) is 0 Å². The molecule has 0 aliphatic carbocycles. The van der Waals surface area contributed by atoms with Gasteiger partial charge in [-0.25, -0.2) is 13.1 Å². The van der Waals surface area contributed by atoms with E-state index in [2.05, 4.69) is 20.6 Å². The van der Waals surface area contributed by atoms with Crippen LogP contribution in [0.5, 0.6) is 0 Å². The van der Waals surface area contributed by atoms with Gasteiger partial charge in [0.25, 0.3) is 0 Å². The molecule has 1 aromatic heterocycles. The second-order valence-electron chi connectivity index (χ2n) is 6.86. The number of aromatic nitrogens is 1. The number of hydrazine groups is 1. The Morgan fingerprint density at radius 3 is 2.31 bits per heavy atom. The average molecular weight is 375 g/mol. The molecule has 0 saturated carbocycles. The predicted octanol–water partition coefficient (Wildman–Crippen LogP) is 1.58. The van der Waals surface area contributed by atoms with Crippen LogP contribution >= 0.6 is 0 Å². The highest BCUT2D eigenvalue weighted by atomic mass is 32.2. The Balaban J connectivity index is 1.75. The summed E-state index contributed by atoms with van der Waals surface area (Å²) in [5.41, 5.74) is 8.06. The Hall–Kier alpha value is -1.80. The Kier molecular flexibility index (Phi) is 6.03. The van der Waals surface area contributed by atoms with Crippen LogP contribution in [0.4, 0.5) is 0 Å². The van der Waals surface area contributed by atoms with Gasteiger partial charge in [0.05, 0.1) is 0 Å². The second-order valence-corrected chi connectivity index (χ2v) is 8.78. The van der Waals surface area contributed by atoms with E-state index in [1.807, 2.05) is 62.4 Å². The molecule has 2 aromatic rings. The summed E-state index contributed by atoms with van der Waals surface area (Å²) in [5.74, 6) is 0.0220. The van der Waals surface area contributed by atoms with Crippen LogP contribution < -0.4 is 15.6 Å². The molecule has 1 aromatic carbocycles. The molecular weight excluding hydrogens is 348 g/mol. The van der Waals surface area contributed by atoms with E-state index in [-0.39, 0.29) is 18.0 Å². The first-order valence-electron chi connectivity index (χ1n) is 8.92. The summed E-state index contributed by atoms with van der Waals surface area (Å²) in [6.07, 6.45) is 2.44. The van der Waals surface area contributed by atoms with Crippen molar-refractivity contribution in [3.05, 3.63) is 66.0 Å². The van der Waals surface area contributed by atoms with Crippen molar-refractivity contribution in [1.82, 2.24) is 20.6 Å². The molecule has 1 fully saturated rings. The largest absolute Gasteiger partial charge is 0.261 e. The summed E-state index contributed by atoms with van der Waals surface area (Å²) in [7, 11) is -3.45. The molecule has 0 spiro atoms. The normalized spacial score (nSPS) is 24.5. The number of nitrogens with one attached hydrogen (secondary N) is 3. The number of hydrogen-bond acceptors (Lipinski definition) is 5. The quantitative estimate of drug-likeness (QED) is 0.685. The first kappa shape index (κ1) is 19.0. The summed E-state index contributed by atoms with van der Waals surface area (Å²) in [6.45, 7) is 4.10. The number of rotatable bonds is 7. The first-order valence-corrected chi connectivity index (χ1v) is 10.5. The Morgan fingerprint density at radius 2 is 1.69 bits per heavy atom. The molecule has 6 nitrogen and oxygen atoms in total. The molecular formula is C19H26N4O2S. The lowest BCUT2D eigenvalue weighted by Crippen LogP contribution is -2.45. The van der Waals surface area contributed by atoms with E-state index in [0.717, 1.165) is 11.3 Å². The van der Waals surface area contributed by atoms with Crippen LogP contribution in [0.3, 0.4) is 0 Å². The number of benzene rings is 1. The standard InChI is InChI=1S/C19H26N4O2S/c1-14-19(15(2)23-22-14)26(24,25)21-13-17(16-8-4-3-5-9-16)12-18-10-6-7-11-20-18/h3-11,14-15,17,19,21-23H,12-13H2,1-2H3. The zero-order chi connectivity index (χ0) is 18.6. The summed E-state index contributed by atoms with van der Waals surface area (Å²) in [6, 6.07) is 15.5. The van der Waals surface area contributed by atoms with Crippen molar-refractivity contribution in [2.45, 2.75) is 43.5 Å². The Bertz CT molecular complexity index is 789. The summed E-state index contributed by atoms with van der Waals surface area (Å²) in [4.78, 5) is 4.39. The van der Waals surface area contributed by atoms with Crippen LogP contribution in [-0.4, -0.2) is 37.3 Å². The third-order valence-electron chi connectivity index (χ3n) is 4.87. The van der Waals surface area contributed by atoms with E-state index >= 15 is 0 Å². The maximum atomic E-state index is 12.8. The van der Waals surface area contributed by atoms with Crippen molar-refractivity contribution in [3.8, 4) is 0 Å².